The smallest absolute Gasteiger partial charge is 0.267 e. The summed E-state index contributed by atoms with van der Waals surface area (Å²) in [5.74, 6) is -0.497. The van der Waals surface area contributed by atoms with Gasteiger partial charge in [0.05, 0.1) is 5.39 Å². The molecule has 2 aromatic heterocycles. The largest absolute Gasteiger partial charge is 0.280 e. The van der Waals surface area contributed by atoms with E-state index in [0.29, 0.717) is 20.3 Å². The summed E-state index contributed by atoms with van der Waals surface area (Å²) in [5, 5.41) is 1.17. The van der Waals surface area contributed by atoms with Gasteiger partial charge >= 0.3 is 0 Å². The maximum absolute atomic E-state index is 12.4. The number of benzene rings is 1. The first-order valence-electron chi connectivity index (χ1n) is 6.75. The second-order valence-electron chi connectivity index (χ2n) is 4.80. The second kappa shape index (κ2) is 6.31. The van der Waals surface area contributed by atoms with Crippen LogP contribution >= 0.6 is 34.5 Å². The predicted octanol–water partition coefficient (Wildman–Crippen LogP) is 3.71. The van der Waals surface area contributed by atoms with Crippen LogP contribution in [0.4, 0.5) is 0 Å². The van der Waals surface area contributed by atoms with E-state index in [2.05, 4.69) is 10.4 Å². The molecule has 0 saturated carbocycles. The van der Waals surface area contributed by atoms with Gasteiger partial charge in [0.1, 0.15) is 11.2 Å². The third kappa shape index (κ3) is 3.24. The van der Waals surface area contributed by atoms with Gasteiger partial charge < -0.3 is 0 Å². The Balaban J connectivity index is 1.96. The molecule has 5 nitrogen and oxygen atoms in total. The summed E-state index contributed by atoms with van der Waals surface area (Å²) in [6.07, 6.45) is 2.12. The summed E-state index contributed by atoms with van der Waals surface area (Å²) in [4.78, 5) is 30.6. The van der Waals surface area contributed by atoms with Crippen molar-refractivity contribution in [2.75, 3.05) is 5.43 Å². The number of nitrogens with one attached hydrogen (secondary N) is 1. The highest BCUT2D eigenvalue weighted by molar-refractivity contribution is 7.18. The quantitative estimate of drug-likeness (QED) is 0.767. The van der Waals surface area contributed by atoms with E-state index < -0.39 is 5.91 Å². The zero-order chi connectivity index (χ0) is 16.6. The number of nitrogens with zero attached hydrogens (tertiary/aromatic N) is 2. The summed E-state index contributed by atoms with van der Waals surface area (Å²) in [5.41, 5.74) is 2.42. The van der Waals surface area contributed by atoms with Gasteiger partial charge in [-0.05, 0) is 30.7 Å². The molecule has 1 N–H and O–H groups in total. The number of halogens is 2. The predicted molar refractivity (Wildman–Crippen MR) is 93.4 cm³/mol. The third-order valence-electron chi connectivity index (χ3n) is 3.20. The molecule has 2 heterocycles. The van der Waals surface area contributed by atoms with Crippen molar-refractivity contribution in [1.29, 1.82) is 0 Å². The number of amides is 1. The van der Waals surface area contributed by atoms with Crippen molar-refractivity contribution in [2.24, 2.45) is 0 Å². The Morgan fingerprint density at radius 1 is 1.26 bits per heavy atom. The molecule has 8 heteroatoms. The van der Waals surface area contributed by atoms with Crippen LogP contribution in [0.1, 0.15) is 22.2 Å². The molecule has 0 saturated heterocycles. The van der Waals surface area contributed by atoms with Crippen LogP contribution in [0.3, 0.4) is 0 Å². The zero-order valence-electron chi connectivity index (χ0n) is 12.0. The van der Waals surface area contributed by atoms with Crippen LogP contribution in [0.15, 0.2) is 35.4 Å². The highest BCUT2D eigenvalue weighted by Gasteiger charge is 2.12. The van der Waals surface area contributed by atoms with Crippen molar-refractivity contribution in [2.45, 2.75) is 13.3 Å². The van der Waals surface area contributed by atoms with Crippen molar-refractivity contribution in [1.82, 2.24) is 9.66 Å². The first-order valence-corrected chi connectivity index (χ1v) is 8.32. The number of thiophene rings is 1. The fourth-order valence-electron chi connectivity index (χ4n) is 2.09. The van der Waals surface area contributed by atoms with E-state index in [-0.39, 0.29) is 11.1 Å². The number of fused-ring (bicyclic) bond motifs is 1. The van der Waals surface area contributed by atoms with Gasteiger partial charge in [0.25, 0.3) is 11.5 Å². The minimum Gasteiger partial charge on any atom is -0.267 e. The molecule has 0 aliphatic heterocycles. The number of aryl methyl sites for hydroxylation is 1. The van der Waals surface area contributed by atoms with E-state index in [0.717, 1.165) is 16.0 Å². The van der Waals surface area contributed by atoms with E-state index in [1.54, 1.807) is 6.07 Å². The van der Waals surface area contributed by atoms with Gasteiger partial charge in [-0.1, -0.05) is 30.1 Å². The summed E-state index contributed by atoms with van der Waals surface area (Å²) < 4.78 is 1.06. The molecule has 0 bridgehead atoms. The molecule has 0 aliphatic rings. The molecule has 0 spiro atoms. The van der Waals surface area contributed by atoms with Gasteiger partial charge in [-0.2, -0.15) is 0 Å². The van der Waals surface area contributed by atoms with Crippen LogP contribution in [0.2, 0.25) is 10.0 Å². The Morgan fingerprint density at radius 2 is 1.96 bits per heavy atom. The first kappa shape index (κ1) is 16.0. The lowest BCUT2D eigenvalue weighted by Gasteiger charge is -2.08. The number of carbonyl (C=O) groups is 1. The topological polar surface area (TPSA) is 64.0 Å². The minimum absolute atomic E-state index is 0.258. The molecular weight excluding hydrogens is 357 g/mol. The van der Waals surface area contributed by atoms with Crippen LogP contribution in [0.25, 0.3) is 10.2 Å². The zero-order valence-corrected chi connectivity index (χ0v) is 14.3. The number of hydrogen-bond donors (Lipinski definition) is 1. The van der Waals surface area contributed by atoms with Gasteiger partial charge in [-0.25, -0.2) is 9.66 Å². The Labute approximate surface area is 145 Å². The van der Waals surface area contributed by atoms with E-state index in [4.69, 9.17) is 23.2 Å². The monoisotopic (exact) mass is 367 g/mol. The lowest BCUT2D eigenvalue weighted by atomic mass is 10.2. The number of hydrogen-bond acceptors (Lipinski definition) is 4. The second-order valence-corrected chi connectivity index (χ2v) is 6.79. The summed E-state index contributed by atoms with van der Waals surface area (Å²) in [6, 6.07) is 6.27. The van der Waals surface area contributed by atoms with Crippen LogP contribution < -0.4 is 11.0 Å². The van der Waals surface area contributed by atoms with Crippen LogP contribution in [0.5, 0.6) is 0 Å². The molecule has 3 aromatic rings. The highest BCUT2D eigenvalue weighted by Crippen LogP contribution is 2.21. The van der Waals surface area contributed by atoms with Gasteiger partial charge in [0.15, 0.2) is 0 Å². The molecule has 1 amide bonds. The molecular formula is C15H11Cl2N3O2S. The van der Waals surface area contributed by atoms with Gasteiger partial charge in [0, 0.05) is 20.5 Å². The van der Waals surface area contributed by atoms with Crippen LogP contribution in [-0.4, -0.2) is 15.6 Å². The molecule has 0 fully saturated rings. The molecule has 0 radical (unpaired) electrons. The normalized spacial score (nSPS) is 10.9. The molecule has 1 aromatic carbocycles. The standard InChI is InChI=1S/C15H11Cl2N3O2S/c1-2-11-6-12-14(23-11)18-7-20(15(12)22)19-13(21)8-3-9(16)5-10(17)4-8/h3-7H,2H2,1H3,(H,19,21). The summed E-state index contributed by atoms with van der Waals surface area (Å²) in [7, 11) is 0. The molecule has 118 valence electrons. The van der Waals surface area contributed by atoms with E-state index in [1.165, 1.54) is 35.9 Å². The lowest BCUT2D eigenvalue weighted by Crippen LogP contribution is -2.33. The highest BCUT2D eigenvalue weighted by atomic mass is 35.5. The van der Waals surface area contributed by atoms with Gasteiger partial charge in [-0.3, -0.25) is 15.0 Å². The third-order valence-corrected chi connectivity index (χ3v) is 4.82. The van der Waals surface area contributed by atoms with Gasteiger partial charge in [0.2, 0.25) is 0 Å². The number of carbonyl (C=O) groups excluding carboxylic acids is 1. The molecule has 0 aliphatic carbocycles. The Hall–Kier alpha value is -1.89. The van der Waals surface area contributed by atoms with E-state index in [1.807, 2.05) is 6.92 Å². The van der Waals surface area contributed by atoms with Crippen molar-refractivity contribution in [3.05, 3.63) is 61.4 Å². The van der Waals surface area contributed by atoms with Crippen LogP contribution in [0, 0.1) is 0 Å². The van der Waals surface area contributed by atoms with E-state index in [9.17, 15) is 9.59 Å². The molecule has 0 atom stereocenters. The maximum Gasteiger partial charge on any atom is 0.280 e. The maximum atomic E-state index is 12.4. The fourth-order valence-corrected chi connectivity index (χ4v) is 3.54. The Morgan fingerprint density at radius 3 is 2.61 bits per heavy atom. The van der Waals surface area contributed by atoms with Crippen molar-refractivity contribution in [3.8, 4) is 0 Å². The van der Waals surface area contributed by atoms with Crippen LogP contribution in [-0.2, 0) is 6.42 Å². The Bertz CT molecular complexity index is 945. The Kier molecular flexibility index (Phi) is 4.39. The number of aromatic nitrogens is 2. The molecule has 3 rings (SSSR count). The lowest BCUT2D eigenvalue weighted by molar-refractivity contribution is 0.101. The molecule has 0 unspecified atom stereocenters. The summed E-state index contributed by atoms with van der Waals surface area (Å²) in [6.45, 7) is 2.01. The summed E-state index contributed by atoms with van der Waals surface area (Å²) >= 11 is 13.2. The average Bonchev–Trinajstić information content (AvgIpc) is 2.93. The van der Waals surface area contributed by atoms with Crippen molar-refractivity contribution >= 4 is 50.7 Å². The van der Waals surface area contributed by atoms with Crippen molar-refractivity contribution in [3.63, 3.8) is 0 Å². The van der Waals surface area contributed by atoms with Crippen molar-refractivity contribution < 1.29 is 4.79 Å². The average molecular weight is 368 g/mol. The van der Waals surface area contributed by atoms with Gasteiger partial charge in [-0.15, -0.1) is 11.3 Å². The first-order chi connectivity index (χ1) is 11.0. The number of rotatable bonds is 3. The fraction of sp³-hybridized carbons (Fsp3) is 0.133. The SMILES string of the molecule is CCc1cc2c(=O)n(NC(=O)c3cc(Cl)cc(Cl)c3)cnc2s1. The van der Waals surface area contributed by atoms with E-state index >= 15 is 0 Å². The molecule has 23 heavy (non-hydrogen) atoms. The minimum atomic E-state index is -0.497.